The Labute approximate surface area is 122 Å². The van der Waals surface area contributed by atoms with Crippen LogP contribution < -0.4 is 5.32 Å². The van der Waals surface area contributed by atoms with E-state index in [-0.39, 0.29) is 6.42 Å². The minimum Gasteiger partial charge on any atom is -0.481 e. The van der Waals surface area contributed by atoms with Crippen LogP contribution in [0.4, 0.5) is 5.82 Å². The predicted molar refractivity (Wildman–Crippen MR) is 81.4 cm³/mol. The van der Waals surface area contributed by atoms with E-state index in [0.717, 1.165) is 48.3 Å². The second-order valence-electron chi connectivity index (χ2n) is 4.78. The topological polar surface area (TPSA) is 75.1 Å². The number of hydrogen-bond acceptors (Lipinski definition) is 5. The molecule has 0 aliphatic carbocycles. The Bertz CT molecular complexity index is 583. The van der Waals surface area contributed by atoms with Crippen molar-refractivity contribution < 1.29 is 9.90 Å². The molecular formula is C14H19N3O2S. The van der Waals surface area contributed by atoms with Crippen LogP contribution >= 0.6 is 11.3 Å². The summed E-state index contributed by atoms with van der Waals surface area (Å²) in [6.07, 6.45) is 5.65. The molecule has 2 aromatic rings. The molecule has 20 heavy (non-hydrogen) atoms. The molecule has 0 spiro atoms. The summed E-state index contributed by atoms with van der Waals surface area (Å²) in [5.74, 6) is 0.184. The Kier molecular flexibility index (Phi) is 5.29. The van der Waals surface area contributed by atoms with Gasteiger partial charge in [-0.25, -0.2) is 9.97 Å². The molecule has 0 amide bonds. The lowest BCUT2D eigenvalue weighted by Gasteiger charge is -2.06. The highest BCUT2D eigenvalue weighted by Gasteiger charge is 2.06. The molecule has 0 fully saturated rings. The standard InChI is InChI=1S/C14H19N3O2S/c1-10-8-11-13(16-9-17-14(11)20-10)15-7-5-3-2-4-6-12(18)19/h8-9H,2-7H2,1H3,(H,18,19)(H,15,16,17). The van der Waals surface area contributed by atoms with Gasteiger partial charge < -0.3 is 10.4 Å². The number of carboxylic acid groups (broad SMARTS) is 1. The summed E-state index contributed by atoms with van der Waals surface area (Å²) in [4.78, 5) is 21.2. The lowest BCUT2D eigenvalue weighted by atomic mass is 10.1. The SMILES string of the molecule is Cc1cc2c(NCCCCCCC(=O)O)ncnc2s1. The molecule has 0 saturated heterocycles. The van der Waals surface area contributed by atoms with Crippen molar-refractivity contribution in [2.45, 2.75) is 39.0 Å². The van der Waals surface area contributed by atoms with Gasteiger partial charge >= 0.3 is 5.97 Å². The van der Waals surface area contributed by atoms with Gasteiger partial charge in [-0.1, -0.05) is 12.8 Å². The average molecular weight is 293 g/mol. The number of hydrogen-bond donors (Lipinski definition) is 2. The minimum atomic E-state index is -0.709. The second kappa shape index (κ2) is 7.19. The maximum Gasteiger partial charge on any atom is 0.303 e. The lowest BCUT2D eigenvalue weighted by molar-refractivity contribution is -0.137. The van der Waals surface area contributed by atoms with Crippen LogP contribution in [0.1, 0.15) is 37.0 Å². The third kappa shape index (κ3) is 4.16. The minimum absolute atomic E-state index is 0.272. The molecule has 0 radical (unpaired) electrons. The summed E-state index contributed by atoms with van der Waals surface area (Å²) >= 11 is 1.67. The summed E-state index contributed by atoms with van der Waals surface area (Å²) in [6.45, 7) is 2.92. The summed E-state index contributed by atoms with van der Waals surface area (Å²) in [5, 5.41) is 13.0. The fraction of sp³-hybridized carbons (Fsp3) is 0.500. The number of rotatable bonds is 8. The van der Waals surface area contributed by atoms with Gasteiger partial charge in [-0.05, 0) is 25.8 Å². The van der Waals surface area contributed by atoms with Gasteiger partial charge in [-0.15, -0.1) is 11.3 Å². The van der Waals surface area contributed by atoms with E-state index in [1.54, 1.807) is 17.7 Å². The summed E-state index contributed by atoms with van der Waals surface area (Å²) < 4.78 is 0. The van der Waals surface area contributed by atoms with E-state index in [4.69, 9.17) is 5.11 Å². The van der Waals surface area contributed by atoms with E-state index in [1.807, 2.05) is 0 Å². The number of aryl methyl sites for hydroxylation is 1. The molecule has 0 bridgehead atoms. The van der Waals surface area contributed by atoms with Gasteiger partial charge in [0.1, 0.15) is 17.0 Å². The van der Waals surface area contributed by atoms with E-state index in [9.17, 15) is 4.79 Å². The van der Waals surface area contributed by atoms with Crippen LogP contribution in [0.25, 0.3) is 10.2 Å². The van der Waals surface area contributed by atoms with Crippen LogP contribution in [0, 0.1) is 6.92 Å². The van der Waals surface area contributed by atoms with Crippen LogP contribution in [-0.2, 0) is 4.79 Å². The van der Waals surface area contributed by atoms with Crippen molar-refractivity contribution in [3.8, 4) is 0 Å². The quantitative estimate of drug-likeness (QED) is 0.729. The molecule has 108 valence electrons. The monoisotopic (exact) mass is 293 g/mol. The summed E-state index contributed by atoms with van der Waals surface area (Å²) in [7, 11) is 0. The van der Waals surface area contributed by atoms with Gasteiger partial charge in [-0.2, -0.15) is 0 Å². The van der Waals surface area contributed by atoms with Gasteiger partial charge in [0.15, 0.2) is 0 Å². The largest absolute Gasteiger partial charge is 0.481 e. The molecule has 0 aliphatic rings. The normalized spacial score (nSPS) is 10.8. The average Bonchev–Trinajstić information content (AvgIpc) is 2.78. The molecular weight excluding hydrogens is 274 g/mol. The molecule has 0 aliphatic heterocycles. The van der Waals surface area contributed by atoms with Crippen LogP contribution in [0.15, 0.2) is 12.4 Å². The molecule has 5 nitrogen and oxygen atoms in total. The number of carboxylic acids is 1. The molecule has 2 rings (SSSR count). The first-order chi connectivity index (χ1) is 9.66. The van der Waals surface area contributed by atoms with E-state index < -0.39 is 5.97 Å². The number of nitrogens with zero attached hydrogens (tertiary/aromatic N) is 2. The lowest BCUT2D eigenvalue weighted by Crippen LogP contribution is -2.04. The fourth-order valence-corrected chi connectivity index (χ4v) is 2.93. The van der Waals surface area contributed by atoms with E-state index in [0.29, 0.717) is 0 Å². The van der Waals surface area contributed by atoms with Crippen molar-refractivity contribution >= 4 is 33.3 Å². The maximum atomic E-state index is 10.4. The Morgan fingerprint density at radius 2 is 2.10 bits per heavy atom. The van der Waals surface area contributed by atoms with Crippen LogP contribution in [0.3, 0.4) is 0 Å². The van der Waals surface area contributed by atoms with Crippen molar-refractivity contribution in [1.29, 1.82) is 0 Å². The van der Waals surface area contributed by atoms with E-state index in [2.05, 4.69) is 28.3 Å². The number of aromatic nitrogens is 2. The van der Waals surface area contributed by atoms with Crippen LogP contribution in [0.5, 0.6) is 0 Å². The zero-order valence-electron chi connectivity index (χ0n) is 11.6. The Balaban J connectivity index is 1.74. The zero-order valence-corrected chi connectivity index (χ0v) is 12.4. The highest BCUT2D eigenvalue weighted by atomic mass is 32.1. The van der Waals surface area contributed by atoms with Gasteiger partial charge in [0, 0.05) is 17.8 Å². The molecule has 6 heteroatoms. The highest BCUT2D eigenvalue weighted by molar-refractivity contribution is 7.18. The van der Waals surface area contributed by atoms with E-state index >= 15 is 0 Å². The first-order valence-electron chi connectivity index (χ1n) is 6.83. The third-order valence-electron chi connectivity index (χ3n) is 3.06. The van der Waals surface area contributed by atoms with Gasteiger partial charge in [-0.3, -0.25) is 4.79 Å². The Morgan fingerprint density at radius 3 is 2.90 bits per heavy atom. The predicted octanol–water partition coefficient (Wildman–Crippen LogP) is 3.45. The van der Waals surface area contributed by atoms with Crippen molar-refractivity contribution in [2.24, 2.45) is 0 Å². The van der Waals surface area contributed by atoms with Gasteiger partial charge in [0.25, 0.3) is 0 Å². The molecule has 2 heterocycles. The molecule has 0 unspecified atom stereocenters. The molecule has 2 aromatic heterocycles. The molecule has 0 saturated carbocycles. The summed E-state index contributed by atoms with van der Waals surface area (Å²) in [5.41, 5.74) is 0. The first-order valence-corrected chi connectivity index (χ1v) is 7.65. The third-order valence-corrected chi connectivity index (χ3v) is 4.02. The fourth-order valence-electron chi connectivity index (χ4n) is 2.08. The zero-order chi connectivity index (χ0) is 14.4. The van der Waals surface area contributed by atoms with Gasteiger partial charge in [0.05, 0.1) is 5.39 Å². The Hall–Kier alpha value is -1.69. The highest BCUT2D eigenvalue weighted by Crippen LogP contribution is 2.27. The van der Waals surface area contributed by atoms with Crippen LogP contribution in [0.2, 0.25) is 0 Å². The first kappa shape index (κ1) is 14.7. The molecule has 0 atom stereocenters. The molecule has 0 aromatic carbocycles. The number of aliphatic carboxylic acids is 1. The van der Waals surface area contributed by atoms with Crippen LogP contribution in [-0.4, -0.2) is 27.6 Å². The number of carbonyl (C=O) groups is 1. The van der Waals surface area contributed by atoms with Crippen molar-refractivity contribution in [3.05, 3.63) is 17.3 Å². The Morgan fingerprint density at radius 1 is 1.30 bits per heavy atom. The maximum absolute atomic E-state index is 10.4. The van der Waals surface area contributed by atoms with Gasteiger partial charge in [0.2, 0.25) is 0 Å². The smallest absolute Gasteiger partial charge is 0.303 e. The van der Waals surface area contributed by atoms with E-state index in [1.165, 1.54) is 4.88 Å². The number of unbranched alkanes of at least 4 members (excludes halogenated alkanes) is 3. The van der Waals surface area contributed by atoms with Crippen molar-refractivity contribution in [3.63, 3.8) is 0 Å². The number of anilines is 1. The molecule has 2 N–H and O–H groups in total. The van der Waals surface area contributed by atoms with Crippen molar-refractivity contribution in [2.75, 3.05) is 11.9 Å². The number of fused-ring (bicyclic) bond motifs is 1. The second-order valence-corrected chi connectivity index (χ2v) is 6.02. The van der Waals surface area contributed by atoms with Crippen molar-refractivity contribution in [1.82, 2.24) is 9.97 Å². The summed E-state index contributed by atoms with van der Waals surface area (Å²) in [6, 6.07) is 2.11. The number of nitrogens with one attached hydrogen (secondary N) is 1. The number of thiophene rings is 1.